The zero-order chi connectivity index (χ0) is 45.1. The average Bonchev–Trinajstić information content (AvgIpc) is 4.07. The Balaban J connectivity index is 1.16. The number of hydrogen-bond acceptors (Lipinski definition) is 8. The number of thiophene rings is 1. The van der Waals surface area contributed by atoms with Crippen molar-refractivity contribution in [1.29, 1.82) is 0 Å². The van der Waals surface area contributed by atoms with Crippen molar-refractivity contribution in [1.82, 2.24) is 39.6 Å². The lowest BCUT2D eigenvalue weighted by Gasteiger charge is -2.33. The zero-order valence-electron chi connectivity index (χ0n) is 36.5. The molecule has 1 fully saturated rings. The summed E-state index contributed by atoms with van der Waals surface area (Å²) in [6, 6.07) is 11.9. The molecule has 0 aliphatic carbocycles. The second kappa shape index (κ2) is 16.8. The molecule has 334 valence electrons. The van der Waals surface area contributed by atoms with E-state index in [0.29, 0.717) is 76.0 Å². The van der Waals surface area contributed by atoms with Gasteiger partial charge in [0.1, 0.15) is 33.7 Å². The van der Waals surface area contributed by atoms with E-state index in [2.05, 4.69) is 25.3 Å². The summed E-state index contributed by atoms with van der Waals surface area (Å²) >= 11 is 0.575. The van der Waals surface area contributed by atoms with Gasteiger partial charge in [-0.2, -0.15) is 13.2 Å². The van der Waals surface area contributed by atoms with Crippen LogP contribution in [0.5, 0.6) is 5.75 Å². The highest BCUT2D eigenvalue weighted by atomic mass is 32.1. The van der Waals surface area contributed by atoms with Crippen LogP contribution in [-0.2, 0) is 15.7 Å². The smallest absolute Gasteiger partial charge is 0.425 e. The minimum absolute atomic E-state index is 0.0474. The molecule has 4 atom stereocenters. The van der Waals surface area contributed by atoms with Crippen LogP contribution < -0.4 is 10.1 Å². The minimum atomic E-state index is -4.56. The Morgan fingerprint density at radius 2 is 1.76 bits per heavy atom. The van der Waals surface area contributed by atoms with E-state index in [1.54, 1.807) is 39.9 Å². The number of aromatic amines is 2. The molecule has 2 amide bonds. The number of likely N-dealkylation sites (N-methyl/N-ethyl adjacent to an activating group) is 2. The van der Waals surface area contributed by atoms with E-state index in [9.17, 15) is 22.8 Å². The Hall–Kier alpha value is -5.68. The molecule has 2 aliphatic heterocycles. The van der Waals surface area contributed by atoms with Gasteiger partial charge in [0.05, 0.1) is 63.6 Å². The van der Waals surface area contributed by atoms with Crippen LogP contribution >= 0.6 is 11.3 Å². The molecule has 0 saturated carbocycles. The van der Waals surface area contributed by atoms with Crippen LogP contribution in [0.4, 0.5) is 22.4 Å². The number of nitrogens with zero attached hydrogens (tertiary/aromatic N) is 5. The van der Waals surface area contributed by atoms with Crippen LogP contribution in [0.3, 0.4) is 0 Å². The van der Waals surface area contributed by atoms with Crippen molar-refractivity contribution in [2.24, 2.45) is 5.92 Å². The molecule has 0 radical (unpaired) electrons. The predicted molar refractivity (Wildman–Crippen MR) is 234 cm³/mol. The van der Waals surface area contributed by atoms with Crippen molar-refractivity contribution in [2.45, 2.75) is 104 Å². The molecule has 63 heavy (non-hydrogen) atoms. The maximum absolute atomic E-state index is 16.7. The molecule has 6 heterocycles. The first kappa shape index (κ1) is 43.9. The second-order valence-electron chi connectivity index (χ2n) is 17.4. The zero-order valence-corrected chi connectivity index (χ0v) is 37.3. The SMILES string of the molecule is CC[C@@H](c1ncc(-c2cc(F)c3c(c2)OC(c2ccc(C(F)(F)F)s2)n2c-3cc3cc(-c4cnc(C5CCCN5C(=O)OC(C)(C)C)[nH]4)ccc32)[nH]1)N(CC)C(=O)[C@@H](NC)C(C)C. The fraction of sp³-hybridized carbons (Fsp3) is 0.435. The van der Waals surface area contributed by atoms with Crippen molar-refractivity contribution >= 4 is 34.2 Å². The van der Waals surface area contributed by atoms with Gasteiger partial charge >= 0.3 is 12.3 Å². The molecule has 8 rings (SSSR count). The van der Waals surface area contributed by atoms with Crippen LogP contribution in [0, 0.1) is 11.7 Å². The number of imidazole rings is 2. The van der Waals surface area contributed by atoms with E-state index in [1.165, 1.54) is 12.1 Å². The van der Waals surface area contributed by atoms with E-state index >= 15 is 4.39 Å². The lowest BCUT2D eigenvalue weighted by Crippen LogP contribution is -2.49. The van der Waals surface area contributed by atoms with Crippen molar-refractivity contribution in [3.8, 4) is 39.5 Å². The number of rotatable bonds is 11. The van der Waals surface area contributed by atoms with E-state index in [4.69, 9.17) is 9.47 Å². The third kappa shape index (κ3) is 8.32. The topological polar surface area (TPSA) is 133 Å². The normalized spacial score (nSPS) is 17.4. The minimum Gasteiger partial charge on any atom is -0.464 e. The predicted octanol–water partition coefficient (Wildman–Crippen LogP) is 10.9. The fourth-order valence-electron chi connectivity index (χ4n) is 8.83. The summed E-state index contributed by atoms with van der Waals surface area (Å²) in [5.41, 5.74) is 2.94. The number of alkyl halides is 3. The van der Waals surface area contributed by atoms with Crippen molar-refractivity contribution in [3.63, 3.8) is 0 Å². The molecule has 6 aromatic rings. The number of H-pyrrole nitrogens is 2. The van der Waals surface area contributed by atoms with Crippen molar-refractivity contribution in [2.75, 3.05) is 20.1 Å². The number of amides is 2. The van der Waals surface area contributed by atoms with Gasteiger partial charge < -0.3 is 29.7 Å². The van der Waals surface area contributed by atoms with E-state index in [1.807, 2.05) is 72.7 Å². The Bertz CT molecular complexity index is 2660. The van der Waals surface area contributed by atoms with Crippen LogP contribution in [0.15, 0.2) is 60.9 Å². The molecule has 2 aliphatic rings. The van der Waals surface area contributed by atoms with Crippen LogP contribution in [0.2, 0.25) is 0 Å². The summed E-state index contributed by atoms with van der Waals surface area (Å²) in [7, 11) is 1.77. The van der Waals surface area contributed by atoms with Crippen LogP contribution in [0.25, 0.3) is 44.7 Å². The molecule has 12 nitrogen and oxygen atoms in total. The Kier molecular flexibility index (Phi) is 11.7. The summed E-state index contributed by atoms with van der Waals surface area (Å²) in [5, 5.41) is 3.83. The van der Waals surface area contributed by atoms with Gasteiger partial charge in [0.15, 0.2) is 0 Å². The van der Waals surface area contributed by atoms with Crippen LogP contribution in [0.1, 0.15) is 107 Å². The Labute approximate surface area is 367 Å². The summed E-state index contributed by atoms with van der Waals surface area (Å²) in [6.45, 7) is 14.3. The highest BCUT2D eigenvalue weighted by Gasteiger charge is 2.38. The molecule has 2 aromatic carbocycles. The van der Waals surface area contributed by atoms with Gasteiger partial charge in [0.2, 0.25) is 12.1 Å². The monoisotopic (exact) mass is 888 g/mol. The summed E-state index contributed by atoms with van der Waals surface area (Å²) in [4.78, 5) is 45.7. The van der Waals surface area contributed by atoms with E-state index < -0.39 is 34.8 Å². The molecule has 0 spiro atoms. The van der Waals surface area contributed by atoms with Gasteiger partial charge in [-0.05, 0) is 102 Å². The maximum atomic E-state index is 16.7. The van der Waals surface area contributed by atoms with Crippen LogP contribution in [-0.4, -0.2) is 78.1 Å². The first-order valence-electron chi connectivity index (χ1n) is 21.3. The molecule has 4 aromatic heterocycles. The van der Waals surface area contributed by atoms with Gasteiger partial charge in [-0.15, -0.1) is 11.3 Å². The summed E-state index contributed by atoms with van der Waals surface area (Å²) < 4.78 is 72.6. The number of fused-ring (bicyclic) bond motifs is 5. The lowest BCUT2D eigenvalue weighted by molar-refractivity contribution is -0.137. The first-order valence-corrected chi connectivity index (χ1v) is 22.1. The molecular formula is C46H52F4N8O4S. The number of hydrogen-bond donors (Lipinski definition) is 3. The number of benzene rings is 2. The molecule has 2 unspecified atom stereocenters. The Morgan fingerprint density at radius 3 is 2.43 bits per heavy atom. The van der Waals surface area contributed by atoms with Crippen molar-refractivity contribution < 1.29 is 36.6 Å². The van der Waals surface area contributed by atoms with E-state index in [0.717, 1.165) is 24.5 Å². The maximum Gasteiger partial charge on any atom is 0.425 e. The molecule has 17 heteroatoms. The molecular weight excluding hydrogens is 837 g/mol. The number of halogens is 4. The fourth-order valence-corrected chi connectivity index (χ4v) is 9.73. The standard InChI is InChI=1S/C46H52F4N8O4S/c1-9-31(56(10-2)42(59)39(51-8)24(3)4)40-52-23-30(55-40)26-19-28(47)38-34-20-27-18-25(29-22-53-41(54-29)33-12-11-17-57(33)44(60)62-45(5,6)7)13-14-32(27)58(34)43(61-35(38)21-26)36-15-16-37(63-36)46(48,49)50/h13-16,18-24,31,33,39,43,51H,9-12,17H2,1-8H3,(H,52,55)(H,53,54)/t31-,33?,39-,43?/m0/s1. The number of likely N-dealkylation sites (tertiary alicyclic amines) is 1. The highest BCUT2D eigenvalue weighted by Crippen LogP contribution is 2.49. The number of carbonyl (C=O) groups is 2. The van der Waals surface area contributed by atoms with Gasteiger partial charge in [-0.3, -0.25) is 14.3 Å². The third-order valence-electron chi connectivity index (χ3n) is 11.7. The van der Waals surface area contributed by atoms with E-state index in [-0.39, 0.29) is 46.1 Å². The average molecular weight is 889 g/mol. The highest BCUT2D eigenvalue weighted by molar-refractivity contribution is 7.12. The van der Waals surface area contributed by atoms with Gasteiger partial charge in [0, 0.05) is 29.6 Å². The van der Waals surface area contributed by atoms with Crippen molar-refractivity contribution in [3.05, 3.63) is 88.1 Å². The summed E-state index contributed by atoms with van der Waals surface area (Å²) in [6.07, 6.45) is -0.624. The third-order valence-corrected chi connectivity index (χ3v) is 12.9. The number of ether oxygens (including phenoxy) is 2. The molecule has 0 bridgehead atoms. The van der Waals surface area contributed by atoms with Gasteiger partial charge in [-0.25, -0.2) is 19.2 Å². The largest absolute Gasteiger partial charge is 0.464 e. The molecule has 1 saturated heterocycles. The Morgan fingerprint density at radius 1 is 1.02 bits per heavy atom. The first-order chi connectivity index (χ1) is 29.9. The lowest BCUT2D eigenvalue weighted by atomic mass is 10.0. The van der Waals surface area contributed by atoms with Gasteiger partial charge in [0.25, 0.3) is 0 Å². The number of aromatic nitrogens is 5. The summed E-state index contributed by atoms with van der Waals surface area (Å²) in [5.74, 6) is 0.736. The van der Waals surface area contributed by atoms with Gasteiger partial charge in [-0.1, -0.05) is 26.8 Å². The molecule has 3 N–H and O–H groups in total. The number of carbonyl (C=O) groups excluding carboxylic acids is 2. The number of nitrogens with one attached hydrogen (secondary N) is 3. The second-order valence-corrected chi connectivity index (χ2v) is 18.5. The quantitative estimate of drug-likeness (QED) is 0.110.